The monoisotopic (exact) mass is 305 g/mol. The SMILES string of the molecule is CC1(C)COCCN1C(=O)c1cc(C(F)(F)F)ccc1F. The highest BCUT2D eigenvalue weighted by Crippen LogP contribution is 2.31. The van der Waals surface area contributed by atoms with Crippen molar-refractivity contribution in [2.45, 2.75) is 25.6 Å². The third-order valence-electron chi connectivity index (χ3n) is 3.41. The molecule has 0 atom stereocenters. The summed E-state index contributed by atoms with van der Waals surface area (Å²) in [6.07, 6.45) is -4.62. The lowest BCUT2D eigenvalue weighted by Gasteiger charge is -2.42. The first-order valence-corrected chi connectivity index (χ1v) is 6.39. The molecule has 1 aliphatic heterocycles. The van der Waals surface area contributed by atoms with Crippen LogP contribution in [-0.2, 0) is 10.9 Å². The van der Waals surface area contributed by atoms with Gasteiger partial charge in [-0.25, -0.2) is 4.39 Å². The lowest BCUT2D eigenvalue weighted by Crippen LogP contribution is -2.55. The van der Waals surface area contributed by atoms with E-state index in [9.17, 15) is 22.4 Å². The minimum absolute atomic E-state index is 0.210. The highest BCUT2D eigenvalue weighted by Gasteiger charge is 2.37. The van der Waals surface area contributed by atoms with Crippen molar-refractivity contribution < 1.29 is 27.1 Å². The lowest BCUT2D eigenvalue weighted by atomic mass is 10.00. The first-order valence-electron chi connectivity index (χ1n) is 6.39. The molecule has 0 unspecified atom stereocenters. The summed E-state index contributed by atoms with van der Waals surface area (Å²) in [5.74, 6) is -1.72. The molecule has 0 radical (unpaired) electrons. The van der Waals surface area contributed by atoms with Crippen LogP contribution in [0.1, 0.15) is 29.8 Å². The fraction of sp³-hybridized carbons (Fsp3) is 0.500. The van der Waals surface area contributed by atoms with Crippen LogP contribution >= 0.6 is 0 Å². The molecule has 7 heteroatoms. The van der Waals surface area contributed by atoms with Crippen LogP contribution in [0.2, 0.25) is 0 Å². The zero-order valence-corrected chi connectivity index (χ0v) is 11.6. The van der Waals surface area contributed by atoms with Crippen molar-refractivity contribution in [1.82, 2.24) is 4.90 Å². The van der Waals surface area contributed by atoms with E-state index in [2.05, 4.69) is 0 Å². The fourth-order valence-corrected chi connectivity index (χ4v) is 2.25. The number of morpholine rings is 1. The molecule has 1 fully saturated rings. The van der Waals surface area contributed by atoms with E-state index in [4.69, 9.17) is 4.74 Å². The van der Waals surface area contributed by atoms with Crippen molar-refractivity contribution >= 4 is 5.91 Å². The Balaban J connectivity index is 2.39. The first kappa shape index (κ1) is 15.8. The molecule has 1 saturated heterocycles. The van der Waals surface area contributed by atoms with Gasteiger partial charge in [0.1, 0.15) is 5.82 Å². The summed E-state index contributed by atoms with van der Waals surface area (Å²) >= 11 is 0. The van der Waals surface area contributed by atoms with Gasteiger partial charge in [0, 0.05) is 6.54 Å². The molecule has 0 aromatic heterocycles. The predicted octanol–water partition coefficient (Wildman–Crippen LogP) is 3.10. The number of ether oxygens (including phenoxy) is 1. The second-order valence-corrected chi connectivity index (χ2v) is 5.51. The van der Waals surface area contributed by atoms with Gasteiger partial charge in [0.2, 0.25) is 0 Å². The maximum atomic E-state index is 13.8. The summed E-state index contributed by atoms with van der Waals surface area (Å²) in [5, 5.41) is 0. The van der Waals surface area contributed by atoms with Crippen molar-refractivity contribution in [2.24, 2.45) is 0 Å². The molecule has 1 aromatic carbocycles. The van der Waals surface area contributed by atoms with Gasteiger partial charge in [-0.2, -0.15) is 13.2 Å². The number of alkyl halides is 3. The third kappa shape index (κ3) is 3.18. The molecule has 0 spiro atoms. The number of amides is 1. The number of hydrogen-bond acceptors (Lipinski definition) is 2. The Kier molecular flexibility index (Phi) is 3.97. The zero-order chi connectivity index (χ0) is 15.8. The molecule has 21 heavy (non-hydrogen) atoms. The first-order chi connectivity index (χ1) is 9.63. The van der Waals surface area contributed by atoms with E-state index in [1.165, 1.54) is 4.90 Å². The molecule has 1 aliphatic rings. The van der Waals surface area contributed by atoms with Crippen LogP contribution in [-0.4, -0.2) is 36.1 Å². The number of halogens is 4. The van der Waals surface area contributed by atoms with E-state index < -0.39 is 34.6 Å². The highest BCUT2D eigenvalue weighted by atomic mass is 19.4. The minimum Gasteiger partial charge on any atom is -0.377 e. The average molecular weight is 305 g/mol. The van der Waals surface area contributed by atoms with Gasteiger partial charge in [0.15, 0.2) is 0 Å². The minimum atomic E-state index is -4.62. The molecule has 0 bridgehead atoms. The molecule has 0 N–H and O–H groups in total. The smallest absolute Gasteiger partial charge is 0.377 e. The van der Waals surface area contributed by atoms with Crippen LogP contribution in [0.25, 0.3) is 0 Å². The Morgan fingerprint density at radius 2 is 2.00 bits per heavy atom. The van der Waals surface area contributed by atoms with Gasteiger partial charge in [0.05, 0.1) is 29.9 Å². The Hall–Kier alpha value is -1.63. The van der Waals surface area contributed by atoms with Gasteiger partial charge < -0.3 is 9.64 Å². The summed E-state index contributed by atoms with van der Waals surface area (Å²) < 4.78 is 57.1. The van der Waals surface area contributed by atoms with Crippen molar-refractivity contribution in [3.63, 3.8) is 0 Å². The van der Waals surface area contributed by atoms with Crippen LogP contribution in [0.3, 0.4) is 0 Å². The normalized spacial score (nSPS) is 18.7. The summed E-state index contributed by atoms with van der Waals surface area (Å²) in [4.78, 5) is 13.7. The lowest BCUT2D eigenvalue weighted by molar-refractivity contribution is -0.137. The van der Waals surface area contributed by atoms with Crippen molar-refractivity contribution in [3.8, 4) is 0 Å². The summed E-state index contributed by atoms with van der Waals surface area (Å²) in [6.45, 7) is 4.17. The van der Waals surface area contributed by atoms with Gasteiger partial charge in [0.25, 0.3) is 5.91 Å². The van der Waals surface area contributed by atoms with Crippen molar-refractivity contribution in [3.05, 3.63) is 35.1 Å². The van der Waals surface area contributed by atoms with E-state index in [1.807, 2.05) is 0 Å². The Morgan fingerprint density at radius 1 is 1.33 bits per heavy atom. The van der Waals surface area contributed by atoms with Crippen LogP contribution in [0.15, 0.2) is 18.2 Å². The number of nitrogens with zero attached hydrogens (tertiary/aromatic N) is 1. The molecular formula is C14H15F4NO2. The van der Waals surface area contributed by atoms with Crippen LogP contribution in [0.5, 0.6) is 0 Å². The molecular weight excluding hydrogens is 290 g/mol. The number of rotatable bonds is 1. The van der Waals surface area contributed by atoms with Crippen molar-refractivity contribution in [2.75, 3.05) is 19.8 Å². The van der Waals surface area contributed by atoms with Gasteiger partial charge in [-0.1, -0.05) is 0 Å². The number of carbonyl (C=O) groups excluding carboxylic acids is 1. The van der Waals surface area contributed by atoms with Gasteiger partial charge in [-0.05, 0) is 32.0 Å². The molecule has 0 saturated carbocycles. The third-order valence-corrected chi connectivity index (χ3v) is 3.41. The molecule has 0 aliphatic carbocycles. The van der Waals surface area contributed by atoms with Gasteiger partial charge >= 0.3 is 6.18 Å². The van der Waals surface area contributed by atoms with E-state index in [0.717, 1.165) is 0 Å². The number of carbonyl (C=O) groups is 1. The van der Waals surface area contributed by atoms with Crippen LogP contribution in [0.4, 0.5) is 17.6 Å². The second kappa shape index (κ2) is 5.29. The molecule has 116 valence electrons. The van der Waals surface area contributed by atoms with E-state index in [0.29, 0.717) is 18.2 Å². The molecule has 1 aromatic rings. The second-order valence-electron chi connectivity index (χ2n) is 5.51. The predicted molar refractivity (Wildman–Crippen MR) is 67.3 cm³/mol. The maximum Gasteiger partial charge on any atom is 0.416 e. The Labute approximate surface area is 119 Å². The fourth-order valence-electron chi connectivity index (χ4n) is 2.25. The maximum absolute atomic E-state index is 13.8. The standard InChI is InChI=1S/C14H15F4NO2/c1-13(2)8-21-6-5-19(13)12(20)10-7-9(14(16,17)18)3-4-11(10)15/h3-4,7H,5-6,8H2,1-2H3. The van der Waals surface area contributed by atoms with E-state index >= 15 is 0 Å². The van der Waals surface area contributed by atoms with Crippen LogP contribution in [0, 0.1) is 5.82 Å². The number of hydrogen-bond donors (Lipinski definition) is 0. The van der Waals surface area contributed by atoms with Gasteiger partial charge in [-0.3, -0.25) is 4.79 Å². The Bertz CT molecular complexity index is 554. The summed E-state index contributed by atoms with van der Waals surface area (Å²) in [5.41, 5.74) is -2.31. The van der Waals surface area contributed by atoms with Gasteiger partial charge in [-0.15, -0.1) is 0 Å². The average Bonchev–Trinajstić information content (AvgIpc) is 2.36. The van der Waals surface area contributed by atoms with E-state index in [-0.39, 0.29) is 19.8 Å². The molecule has 2 rings (SSSR count). The summed E-state index contributed by atoms with van der Waals surface area (Å²) in [7, 11) is 0. The van der Waals surface area contributed by atoms with Crippen LogP contribution < -0.4 is 0 Å². The topological polar surface area (TPSA) is 29.5 Å². The quantitative estimate of drug-likeness (QED) is 0.746. The van der Waals surface area contributed by atoms with E-state index in [1.54, 1.807) is 13.8 Å². The highest BCUT2D eigenvalue weighted by molar-refractivity contribution is 5.95. The zero-order valence-electron chi connectivity index (χ0n) is 11.6. The Morgan fingerprint density at radius 3 is 2.57 bits per heavy atom. The number of benzene rings is 1. The largest absolute Gasteiger partial charge is 0.416 e. The molecule has 3 nitrogen and oxygen atoms in total. The summed E-state index contributed by atoms with van der Waals surface area (Å²) in [6, 6.07) is 1.85. The van der Waals surface area contributed by atoms with Crippen molar-refractivity contribution in [1.29, 1.82) is 0 Å². The molecule has 1 amide bonds. The molecule has 1 heterocycles.